The Labute approximate surface area is 179 Å². The van der Waals surface area contributed by atoms with E-state index in [-0.39, 0.29) is 18.4 Å². The molecule has 7 heteroatoms. The van der Waals surface area contributed by atoms with Crippen LogP contribution < -0.4 is 15.5 Å². The minimum Gasteiger partial charge on any atom is -0.484 e. The van der Waals surface area contributed by atoms with Gasteiger partial charge in [0.2, 0.25) is 0 Å². The van der Waals surface area contributed by atoms with Crippen molar-refractivity contribution in [3.05, 3.63) is 94.5 Å². The van der Waals surface area contributed by atoms with Crippen molar-refractivity contribution < 1.29 is 14.3 Å². The Morgan fingerprint density at radius 3 is 2.50 bits per heavy atom. The lowest BCUT2D eigenvalue weighted by Gasteiger charge is -2.08. The van der Waals surface area contributed by atoms with Gasteiger partial charge >= 0.3 is 0 Å². The van der Waals surface area contributed by atoms with Crippen LogP contribution in [0, 0.1) is 6.92 Å². The summed E-state index contributed by atoms with van der Waals surface area (Å²) in [6, 6.07) is 21.0. The van der Waals surface area contributed by atoms with Crippen LogP contribution in [0.25, 0.3) is 0 Å². The number of rotatable bonds is 7. The van der Waals surface area contributed by atoms with Crippen LogP contribution in [-0.4, -0.2) is 24.6 Å². The number of anilines is 1. The van der Waals surface area contributed by atoms with E-state index in [9.17, 15) is 9.59 Å². The first-order valence-electron chi connectivity index (χ1n) is 9.18. The normalized spacial score (nSPS) is 10.6. The summed E-state index contributed by atoms with van der Waals surface area (Å²) >= 11 is 5.81. The van der Waals surface area contributed by atoms with E-state index in [0.29, 0.717) is 27.6 Å². The maximum Gasteiger partial charge on any atom is 0.271 e. The third-order valence-electron chi connectivity index (χ3n) is 4.05. The SMILES string of the molecule is Cc1ccc(NC(=O)COc2cccc(/C=N/NC(=O)c3ccc(Cl)cc3)c2)cc1. The maximum absolute atomic E-state index is 12.0. The summed E-state index contributed by atoms with van der Waals surface area (Å²) in [7, 11) is 0. The van der Waals surface area contributed by atoms with Crippen molar-refractivity contribution in [1.82, 2.24) is 5.43 Å². The Morgan fingerprint density at radius 1 is 1.03 bits per heavy atom. The molecule has 6 nitrogen and oxygen atoms in total. The minimum absolute atomic E-state index is 0.123. The second-order valence-electron chi connectivity index (χ2n) is 6.48. The van der Waals surface area contributed by atoms with Crippen LogP contribution in [0.5, 0.6) is 5.75 Å². The Balaban J connectivity index is 1.50. The van der Waals surface area contributed by atoms with Crippen LogP contribution in [-0.2, 0) is 4.79 Å². The smallest absolute Gasteiger partial charge is 0.271 e. The molecule has 0 aromatic heterocycles. The number of aryl methyl sites for hydroxylation is 1. The molecule has 0 heterocycles. The molecule has 0 unspecified atom stereocenters. The van der Waals surface area contributed by atoms with Crippen LogP contribution in [0.15, 0.2) is 77.9 Å². The second-order valence-corrected chi connectivity index (χ2v) is 6.92. The van der Waals surface area contributed by atoms with Gasteiger partial charge in [0, 0.05) is 16.3 Å². The second kappa shape index (κ2) is 10.2. The van der Waals surface area contributed by atoms with Crippen molar-refractivity contribution in [2.24, 2.45) is 5.10 Å². The van der Waals surface area contributed by atoms with Crippen LogP contribution in [0.1, 0.15) is 21.5 Å². The molecule has 0 radical (unpaired) electrons. The van der Waals surface area contributed by atoms with E-state index >= 15 is 0 Å². The summed E-state index contributed by atoms with van der Waals surface area (Å²) in [6.45, 7) is 1.86. The van der Waals surface area contributed by atoms with Crippen molar-refractivity contribution in [2.45, 2.75) is 6.92 Å². The minimum atomic E-state index is -0.344. The van der Waals surface area contributed by atoms with Crippen LogP contribution in [0.2, 0.25) is 5.02 Å². The van der Waals surface area contributed by atoms with E-state index in [2.05, 4.69) is 15.8 Å². The van der Waals surface area contributed by atoms with E-state index in [4.69, 9.17) is 16.3 Å². The zero-order chi connectivity index (χ0) is 21.3. The highest BCUT2D eigenvalue weighted by Crippen LogP contribution is 2.13. The quantitative estimate of drug-likeness (QED) is 0.437. The lowest BCUT2D eigenvalue weighted by atomic mass is 10.2. The third-order valence-corrected chi connectivity index (χ3v) is 4.30. The number of nitrogens with zero attached hydrogens (tertiary/aromatic N) is 1. The Hall–Kier alpha value is -3.64. The number of benzene rings is 3. The monoisotopic (exact) mass is 421 g/mol. The highest BCUT2D eigenvalue weighted by Gasteiger charge is 2.05. The first kappa shape index (κ1) is 21.1. The fourth-order valence-electron chi connectivity index (χ4n) is 2.50. The molecule has 152 valence electrons. The molecule has 2 amide bonds. The molecular weight excluding hydrogens is 402 g/mol. The fourth-order valence-corrected chi connectivity index (χ4v) is 2.62. The number of hydrogen-bond donors (Lipinski definition) is 2. The van der Waals surface area contributed by atoms with Crippen LogP contribution in [0.4, 0.5) is 5.69 Å². The average molecular weight is 422 g/mol. The highest BCUT2D eigenvalue weighted by atomic mass is 35.5. The van der Waals surface area contributed by atoms with Crippen molar-refractivity contribution in [3.8, 4) is 5.75 Å². The molecule has 0 fully saturated rings. The number of carbonyl (C=O) groups is 2. The average Bonchev–Trinajstić information content (AvgIpc) is 2.75. The van der Waals surface area contributed by atoms with Crippen LogP contribution >= 0.6 is 11.6 Å². The van der Waals surface area contributed by atoms with E-state index < -0.39 is 0 Å². The van der Waals surface area contributed by atoms with Gasteiger partial charge in [0.15, 0.2) is 6.61 Å². The molecular formula is C23H20ClN3O3. The van der Waals surface area contributed by atoms with Gasteiger partial charge in [-0.15, -0.1) is 0 Å². The van der Waals surface area contributed by atoms with Crippen molar-refractivity contribution in [2.75, 3.05) is 11.9 Å². The molecule has 0 atom stereocenters. The van der Waals surface area contributed by atoms with Crippen molar-refractivity contribution >= 4 is 35.3 Å². The number of halogens is 1. The number of hydrogen-bond acceptors (Lipinski definition) is 4. The Morgan fingerprint density at radius 2 is 1.77 bits per heavy atom. The summed E-state index contributed by atoms with van der Waals surface area (Å²) in [5.74, 6) is -0.0849. The molecule has 0 spiro atoms. The number of nitrogens with one attached hydrogen (secondary N) is 2. The molecule has 3 rings (SSSR count). The molecule has 0 aliphatic heterocycles. The number of ether oxygens (including phenoxy) is 1. The first-order chi connectivity index (χ1) is 14.5. The molecule has 3 aromatic rings. The van der Waals surface area contributed by atoms with Crippen molar-refractivity contribution in [3.63, 3.8) is 0 Å². The highest BCUT2D eigenvalue weighted by molar-refractivity contribution is 6.30. The van der Waals surface area contributed by atoms with Gasteiger partial charge in [-0.3, -0.25) is 9.59 Å². The van der Waals surface area contributed by atoms with E-state index in [1.54, 1.807) is 48.5 Å². The van der Waals surface area contributed by atoms with Gasteiger partial charge in [-0.05, 0) is 61.0 Å². The van der Waals surface area contributed by atoms with Gasteiger partial charge in [0.25, 0.3) is 11.8 Å². The van der Waals surface area contributed by atoms with Gasteiger partial charge in [0.1, 0.15) is 5.75 Å². The Kier molecular flexibility index (Phi) is 7.19. The molecule has 0 aliphatic rings. The first-order valence-corrected chi connectivity index (χ1v) is 9.56. The summed E-state index contributed by atoms with van der Waals surface area (Å²) < 4.78 is 5.54. The van der Waals surface area contributed by atoms with E-state index in [1.165, 1.54) is 6.21 Å². The molecule has 0 aliphatic carbocycles. The van der Waals surface area contributed by atoms with Gasteiger partial charge < -0.3 is 10.1 Å². The predicted molar refractivity (Wildman–Crippen MR) is 118 cm³/mol. The summed E-state index contributed by atoms with van der Waals surface area (Å²) in [6.07, 6.45) is 1.49. The standard InChI is InChI=1S/C23H20ClN3O3/c1-16-5-11-20(12-6-16)26-22(28)15-30-21-4-2-3-17(13-21)14-25-27-23(29)18-7-9-19(24)10-8-18/h2-14H,15H2,1H3,(H,26,28)(H,27,29)/b25-14+. The number of amides is 2. The predicted octanol–water partition coefficient (Wildman–Crippen LogP) is 4.43. The van der Waals surface area contributed by atoms with Crippen LogP contribution in [0.3, 0.4) is 0 Å². The molecule has 2 N–H and O–H groups in total. The lowest BCUT2D eigenvalue weighted by Crippen LogP contribution is -2.20. The summed E-state index contributed by atoms with van der Waals surface area (Å²) in [5.41, 5.74) is 5.45. The van der Waals surface area contributed by atoms with Gasteiger partial charge in [-0.1, -0.05) is 41.4 Å². The van der Waals surface area contributed by atoms with Crippen molar-refractivity contribution in [1.29, 1.82) is 0 Å². The summed E-state index contributed by atoms with van der Waals surface area (Å²) in [5, 5.41) is 7.28. The van der Waals surface area contributed by atoms with Gasteiger partial charge in [0.05, 0.1) is 6.21 Å². The number of hydrazone groups is 1. The van der Waals surface area contributed by atoms with Gasteiger partial charge in [-0.25, -0.2) is 5.43 Å². The third kappa shape index (κ3) is 6.46. The summed E-state index contributed by atoms with van der Waals surface area (Å²) in [4.78, 5) is 24.1. The fraction of sp³-hybridized carbons (Fsp3) is 0.0870. The molecule has 3 aromatic carbocycles. The molecule has 30 heavy (non-hydrogen) atoms. The zero-order valence-electron chi connectivity index (χ0n) is 16.3. The van der Waals surface area contributed by atoms with E-state index in [0.717, 1.165) is 5.56 Å². The lowest BCUT2D eigenvalue weighted by molar-refractivity contribution is -0.118. The maximum atomic E-state index is 12.0. The topological polar surface area (TPSA) is 79.8 Å². The zero-order valence-corrected chi connectivity index (χ0v) is 17.0. The Bertz CT molecular complexity index is 1050. The van der Waals surface area contributed by atoms with Gasteiger partial charge in [-0.2, -0.15) is 5.10 Å². The number of carbonyl (C=O) groups excluding carboxylic acids is 2. The molecule has 0 saturated carbocycles. The van der Waals surface area contributed by atoms with E-state index in [1.807, 2.05) is 31.2 Å². The molecule has 0 saturated heterocycles. The molecule has 0 bridgehead atoms. The largest absolute Gasteiger partial charge is 0.484 e.